The first-order valence-electron chi connectivity index (χ1n) is 9.54. The first-order valence-corrected chi connectivity index (χ1v) is 10.4. The van der Waals surface area contributed by atoms with Crippen LogP contribution < -0.4 is 9.54 Å². The molecule has 4 nitrogen and oxygen atoms in total. The van der Waals surface area contributed by atoms with Crippen molar-refractivity contribution in [2.24, 2.45) is 4.99 Å². The highest BCUT2D eigenvalue weighted by Gasteiger charge is 2.10. The number of rotatable bonds is 7. The molecule has 0 aliphatic carbocycles. The number of benzene rings is 2. The van der Waals surface area contributed by atoms with Crippen LogP contribution in [0, 0.1) is 6.92 Å². The van der Waals surface area contributed by atoms with Crippen molar-refractivity contribution in [1.29, 1.82) is 0 Å². The Bertz CT molecular complexity index is 1000. The molecule has 0 atom stereocenters. The van der Waals surface area contributed by atoms with Gasteiger partial charge < -0.3 is 9.30 Å². The Hall–Kier alpha value is -2.40. The van der Waals surface area contributed by atoms with E-state index in [9.17, 15) is 4.79 Å². The molecule has 0 radical (unpaired) electrons. The van der Waals surface area contributed by atoms with Crippen LogP contribution in [0.5, 0.6) is 5.75 Å². The minimum Gasteiger partial charge on any atom is -0.494 e. The van der Waals surface area contributed by atoms with E-state index in [1.165, 1.54) is 5.56 Å². The van der Waals surface area contributed by atoms with Gasteiger partial charge in [-0.3, -0.25) is 4.79 Å². The van der Waals surface area contributed by atoms with Crippen molar-refractivity contribution in [3.8, 4) is 5.75 Å². The number of hydrogen-bond donors (Lipinski definition) is 0. The van der Waals surface area contributed by atoms with Gasteiger partial charge in [0.25, 0.3) is 5.91 Å². The van der Waals surface area contributed by atoms with Gasteiger partial charge in [0.2, 0.25) is 0 Å². The van der Waals surface area contributed by atoms with E-state index >= 15 is 0 Å². The molecule has 0 aliphatic rings. The van der Waals surface area contributed by atoms with Crippen molar-refractivity contribution in [1.82, 2.24) is 4.57 Å². The maximum absolute atomic E-state index is 12.8. The average Bonchev–Trinajstić information content (AvgIpc) is 2.99. The Labute approximate surface area is 164 Å². The largest absolute Gasteiger partial charge is 0.494 e. The van der Waals surface area contributed by atoms with Crippen LogP contribution in [-0.4, -0.2) is 17.1 Å². The molecule has 1 aromatic heterocycles. The second-order valence-electron chi connectivity index (χ2n) is 6.65. The maximum Gasteiger partial charge on any atom is 0.279 e. The van der Waals surface area contributed by atoms with Crippen LogP contribution in [-0.2, 0) is 6.54 Å². The van der Waals surface area contributed by atoms with Crippen LogP contribution in [0.4, 0.5) is 0 Å². The molecule has 0 bridgehead atoms. The molecule has 0 unspecified atom stereocenters. The summed E-state index contributed by atoms with van der Waals surface area (Å²) < 4.78 is 9.01. The number of amides is 1. The fourth-order valence-electron chi connectivity index (χ4n) is 2.91. The average molecular weight is 383 g/mol. The first-order chi connectivity index (χ1) is 13.1. The van der Waals surface area contributed by atoms with E-state index in [-0.39, 0.29) is 5.91 Å². The van der Waals surface area contributed by atoms with Crippen LogP contribution in [0.2, 0.25) is 0 Å². The fraction of sp³-hybridized carbons (Fsp3) is 0.364. The quantitative estimate of drug-likeness (QED) is 0.518. The molecule has 1 amide bonds. The highest BCUT2D eigenvalue weighted by Crippen LogP contribution is 2.20. The van der Waals surface area contributed by atoms with Gasteiger partial charge >= 0.3 is 0 Å². The molecule has 1 heterocycles. The standard InChI is InChI=1S/C22H26N2O2S/c1-4-6-13-26-18-9-7-8-17(15-18)21(25)23-22-24(12-5-2)19-11-10-16(3)14-20(19)27-22/h7-11,14-15H,4-6,12-13H2,1-3H3. The number of hydrogen-bond acceptors (Lipinski definition) is 3. The van der Waals surface area contributed by atoms with Gasteiger partial charge in [-0.15, -0.1) is 0 Å². The number of nitrogens with zero attached hydrogens (tertiary/aromatic N) is 2. The Balaban J connectivity index is 1.95. The molecule has 5 heteroatoms. The highest BCUT2D eigenvalue weighted by atomic mass is 32.1. The Morgan fingerprint density at radius 2 is 2.00 bits per heavy atom. The zero-order valence-corrected chi connectivity index (χ0v) is 17.0. The Morgan fingerprint density at radius 3 is 2.78 bits per heavy atom. The maximum atomic E-state index is 12.8. The fourth-order valence-corrected chi connectivity index (χ4v) is 4.06. The van der Waals surface area contributed by atoms with E-state index in [1.807, 2.05) is 12.1 Å². The van der Waals surface area contributed by atoms with Crippen LogP contribution in [0.1, 0.15) is 49.0 Å². The van der Waals surface area contributed by atoms with Gasteiger partial charge in [-0.25, -0.2) is 0 Å². The van der Waals surface area contributed by atoms with Crippen molar-refractivity contribution in [2.75, 3.05) is 6.61 Å². The first kappa shape index (κ1) is 19.4. The molecule has 27 heavy (non-hydrogen) atoms. The van der Waals surface area contributed by atoms with E-state index in [0.29, 0.717) is 12.2 Å². The molecule has 3 rings (SSSR count). The molecular formula is C22H26N2O2S. The summed E-state index contributed by atoms with van der Waals surface area (Å²) in [7, 11) is 0. The van der Waals surface area contributed by atoms with Gasteiger partial charge in [0.15, 0.2) is 4.80 Å². The third-order valence-electron chi connectivity index (χ3n) is 4.33. The smallest absolute Gasteiger partial charge is 0.279 e. The minimum absolute atomic E-state index is 0.232. The SMILES string of the molecule is CCCCOc1cccc(C(=O)N=c2sc3cc(C)ccc3n2CCC)c1. The molecule has 0 N–H and O–H groups in total. The lowest BCUT2D eigenvalue weighted by molar-refractivity contribution is 0.0997. The summed E-state index contributed by atoms with van der Waals surface area (Å²) in [4.78, 5) is 18.0. The van der Waals surface area contributed by atoms with Crippen molar-refractivity contribution < 1.29 is 9.53 Å². The number of fused-ring (bicyclic) bond motifs is 1. The second kappa shape index (κ2) is 9.00. The van der Waals surface area contributed by atoms with Gasteiger partial charge in [0.1, 0.15) is 5.75 Å². The number of unbranched alkanes of at least 4 members (excludes halogenated alkanes) is 1. The predicted molar refractivity (Wildman–Crippen MR) is 112 cm³/mol. The van der Waals surface area contributed by atoms with Gasteiger partial charge in [-0.05, 0) is 55.7 Å². The molecule has 0 spiro atoms. The van der Waals surface area contributed by atoms with E-state index in [4.69, 9.17) is 4.74 Å². The van der Waals surface area contributed by atoms with Crippen molar-refractivity contribution in [3.63, 3.8) is 0 Å². The van der Waals surface area contributed by atoms with Crippen molar-refractivity contribution >= 4 is 27.5 Å². The second-order valence-corrected chi connectivity index (χ2v) is 7.66. The molecule has 0 fully saturated rings. The third-order valence-corrected chi connectivity index (χ3v) is 5.37. The summed E-state index contributed by atoms with van der Waals surface area (Å²) in [6.07, 6.45) is 3.07. The number of carbonyl (C=O) groups excluding carboxylic acids is 1. The summed E-state index contributed by atoms with van der Waals surface area (Å²) in [5, 5.41) is 0. The zero-order valence-electron chi connectivity index (χ0n) is 16.2. The summed E-state index contributed by atoms with van der Waals surface area (Å²) in [6, 6.07) is 13.7. The molecule has 0 saturated heterocycles. The molecule has 2 aromatic carbocycles. The van der Waals surface area contributed by atoms with E-state index < -0.39 is 0 Å². The Kier molecular flexibility index (Phi) is 6.45. The normalized spacial score (nSPS) is 11.9. The topological polar surface area (TPSA) is 43.6 Å². The zero-order chi connectivity index (χ0) is 19.2. The number of aryl methyl sites for hydroxylation is 2. The van der Waals surface area contributed by atoms with Crippen molar-refractivity contribution in [3.05, 3.63) is 58.4 Å². The van der Waals surface area contributed by atoms with E-state index in [0.717, 1.165) is 46.6 Å². The lowest BCUT2D eigenvalue weighted by atomic mass is 10.2. The lowest BCUT2D eigenvalue weighted by Crippen LogP contribution is -2.16. The molecular weight excluding hydrogens is 356 g/mol. The number of thiazole rings is 1. The molecule has 0 aliphatic heterocycles. The predicted octanol–water partition coefficient (Wildman–Crippen LogP) is 5.34. The molecule has 3 aromatic rings. The number of carbonyl (C=O) groups is 1. The van der Waals surface area contributed by atoms with Crippen LogP contribution in [0.25, 0.3) is 10.2 Å². The lowest BCUT2D eigenvalue weighted by Gasteiger charge is -2.06. The van der Waals surface area contributed by atoms with Gasteiger partial charge in [0.05, 0.1) is 16.8 Å². The summed E-state index contributed by atoms with van der Waals surface area (Å²) >= 11 is 1.57. The Morgan fingerprint density at radius 1 is 1.15 bits per heavy atom. The van der Waals surface area contributed by atoms with E-state index in [2.05, 4.69) is 48.5 Å². The van der Waals surface area contributed by atoms with E-state index in [1.54, 1.807) is 23.5 Å². The molecule has 0 saturated carbocycles. The summed E-state index contributed by atoms with van der Waals surface area (Å²) in [5.41, 5.74) is 2.90. The van der Waals surface area contributed by atoms with Gasteiger partial charge in [0, 0.05) is 12.1 Å². The minimum atomic E-state index is -0.232. The number of aromatic nitrogens is 1. The highest BCUT2D eigenvalue weighted by molar-refractivity contribution is 7.16. The van der Waals surface area contributed by atoms with Gasteiger partial charge in [-0.1, -0.05) is 43.7 Å². The summed E-state index contributed by atoms with van der Waals surface area (Å²) in [5.74, 6) is 0.488. The van der Waals surface area contributed by atoms with Crippen LogP contribution >= 0.6 is 11.3 Å². The monoisotopic (exact) mass is 382 g/mol. The van der Waals surface area contributed by atoms with Crippen molar-refractivity contribution in [2.45, 2.75) is 46.6 Å². The summed E-state index contributed by atoms with van der Waals surface area (Å²) in [6.45, 7) is 7.84. The number of ether oxygens (including phenoxy) is 1. The van der Waals surface area contributed by atoms with Gasteiger partial charge in [-0.2, -0.15) is 4.99 Å². The molecule has 142 valence electrons. The van der Waals surface area contributed by atoms with Crippen LogP contribution in [0.15, 0.2) is 47.5 Å². The third kappa shape index (κ3) is 4.66. The van der Waals surface area contributed by atoms with Crippen LogP contribution in [0.3, 0.4) is 0 Å².